The molecule has 2 aromatic rings. The number of imide groups is 1. The summed E-state index contributed by atoms with van der Waals surface area (Å²) in [4.78, 5) is 27.1. The topological polar surface area (TPSA) is 69.6 Å². The number of aliphatic hydroxyl groups is 1. The third-order valence-electron chi connectivity index (χ3n) is 3.72. The van der Waals surface area contributed by atoms with Crippen molar-refractivity contribution in [2.75, 3.05) is 18.5 Å². The molecule has 0 saturated carbocycles. The molecule has 3 rings (SSSR count). The molecule has 0 bridgehead atoms. The third kappa shape index (κ3) is 4.10. The van der Waals surface area contributed by atoms with Gasteiger partial charge in [0, 0.05) is 21.6 Å². The summed E-state index contributed by atoms with van der Waals surface area (Å²) in [6.07, 6.45) is 1.26. The van der Waals surface area contributed by atoms with Gasteiger partial charge in [-0.3, -0.25) is 14.5 Å². The molecule has 1 aliphatic heterocycles. The van der Waals surface area contributed by atoms with Gasteiger partial charge in [-0.15, -0.1) is 0 Å². The van der Waals surface area contributed by atoms with Crippen molar-refractivity contribution in [3.05, 3.63) is 65.9 Å². The minimum Gasteiger partial charge on any atom is -0.395 e. The number of anilines is 1. The lowest BCUT2D eigenvalue weighted by molar-refractivity contribution is -0.137. The van der Waals surface area contributed by atoms with Crippen LogP contribution in [0.15, 0.2) is 70.1 Å². The second kappa shape index (κ2) is 7.55. The minimum absolute atomic E-state index is 0.00543. The van der Waals surface area contributed by atoms with Crippen LogP contribution in [0, 0.1) is 6.92 Å². The smallest absolute Gasteiger partial charge is 0.277 e. The highest BCUT2D eigenvalue weighted by atomic mass is 32.2. The number of rotatable bonds is 6. The van der Waals surface area contributed by atoms with Gasteiger partial charge in [0.1, 0.15) is 5.70 Å². The molecule has 0 aromatic heterocycles. The Morgan fingerprint density at radius 2 is 1.60 bits per heavy atom. The molecule has 5 nitrogen and oxygen atoms in total. The van der Waals surface area contributed by atoms with E-state index in [0.717, 1.165) is 20.4 Å². The van der Waals surface area contributed by atoms with Crippen LogP contribution in [0.3, 0.4) is 0 Å². The number of β-amino-alcohol motifs (C(OH)–C–C–N with tert-alkyl or cyclic N) is 1. The van der Waals surface area contributed by atoms with Crippen LogP contribution in [-0.2, 0) is 9.59 Å². The molecule has 1 heterocycles. The summed E-state index contributed by atoms with van der Waals surface area (Å²) in [7, 11) is 0. The number of carbonyl (C=O) groups is 2. The second-order valence-electron chi connectivity index (χ2n) is 5.64. The number of hydrogen-bond acceptors (Lipinski definition) is 5. The van der Waals surface area contributed by atoms with E-state index in [1.54, 1.807) is 11.8 Å². The molecule has 2 amide bonds. The summed E-state index contributed by atoms with van der Waals surface area (Å²) < 4.78 is 0. The fourth-order valence-corrected chi connectivity index (χ4v) is 3.23. The molecule has 0 aliphatic carbocycles. The molecule has 0 radical (unpaired) electrons. The van der Waals surface area contributed by atoms with Crippen molar-refractivity contribution in [2.24, 2.45) is 0 Å². The Morgan fingerprint density at radius 1 is 1.00 bits per heavy atom. The summed E-state index contributed by atoms with van der Waals surface area (Å²) in [5.74, 6) is -0.828. The highest BCUT2D eigenvalue weighted by molar-refractivity contribution is 7.99. The van der Waals surface area contributed by atoms with Gasteiger partial charge in [0.15, 0.2) is 0 Å². The predicted octanol–water partition coefficient (Wildman–Crippen LogP) is 2.80. The first-order chi connectivity index (χ1) is 12.1. The van der Waals surface area contributed by atoms with Crippen molar-refractivity contribution < 1.29 is 14.7 Å². The summed E-state index contributed by atoms with van der Waals surface area (Å²) in [5, 5.41) is 11.9. The van der Waals surface area contributed by atoms with Gasteiger partial charge >= 0.3 is 0 Å². The van der Waals surface area contributed by atoms with E-state index in [9.17, 15) is 9.59 Å². The first-order valence-corrected chi connectivity index (χ1v) is 8.68. The molecule has 0 saturated heterocycles. The van der Waals surface area contributed by atoms with Gasteiger partial charge < -0.3 is 10.4 Å². The second-order valence-corrected chi connectivity index (χ2v) is 6.79. The van der Waals surface area contributed by atoms with E-state index in [1.165, 1.54) is 11.6 Å². The van der Waals surface area contributed by atoms with Gasteiger partial charge in [-0.2, -0.15) is 0 Å². The lowest BCUT2D eigenvalue weighted by Crippen LogP contribution is -2.34. The average Bonchev–Trinajstić information content (AvgIpc) is 2.86. The molecule has 0 atom stereocenters. The quantitative estimate of drug-likeness (QED) is 0.781. The van der Waals surface area contributed by atoms with Crippen LogP contribution in [0.4, 0.5) is 5.69 Å². The monoisotopic (exact) mass is 354 g/mol. The Labute approximate surface area is 150 Å². The molecule has 128 valence electrons. The minimum atomic E-state index is -0.419. The largest absolute Gasteiger partial charge is 0.395 e. The van der Waals surface area contributed by atoms with Crippen molar-refractivity contribution in [1.29, 1.82) is 0 Å². The summed E-state index contributed by atoms with van der Waals surface area (Å²) in [6.45, 7) is 1.81. The first kappa shape index (κ1) is 17.3. The van der Waals surface area contributed by atoms with Crippen molar-refractivity contribution in [3.63, 3.8) is 0 Å². The van der Waals surface area contributed by atoms with E-state index in [1.807, 2.05) is 24.3 Å². The third-order valence-corrected chi connectivity index (χ3v) is 4.74. The van der Waals surface area contributed by atoms with Gasteiger partial charge in [-0.25, -0.2) is 0 Å². The molecule has 0 unspecified atom stereocenters. The van der Waals surface area contributed by atoms with Crippen LogP contribution in [0.2, 0.25) is 0 Å². The predicted molar refractivity (Wildman–Crippen MR) is 97.3 cm³/mol. The molecule has 0 spiro atoms. The maximum atomic E-state index is 12.1. The number of nitrogens with zero attached hydrogens (tertiary/aromatic N) is 1. The standard InChI is InChI=1S/C19H18N2O3S/c1-13-2-6-15(7-3-13)25-16-8-4-14(5-9-16)20-17-12-18(23)21(10-11-22)19(17)24/h2-9,12,20,22H,10-11H2,1H3. The zero-order valence-corrected chi connectivity index (χ0v) is 14.5. The number of benzene rings is 2. The first-order valence-electron chi connectivity index (χ1n) is 7.87. The Balaban J connectivity index is 1.65. The number of hydrogen-bond donors (Lipinski definition) is 2. The SMILES string of the molecule is Cc1ccc(Sc2ccc(NC3=CC(=O)N(CCO)C3=O)cc2)cc1. The van der Waals surface area contributed by atoms with Crippen molar-refractivity contribution in [1.82, 2.24) is 4.90 Å². The van der Waals surface area contributed by atoms with Gasteiger partial charge in [-0.05, 0) is 43.3 Å². The lowest BCUT2D eigenvalue weighted by atomic mass is 10.2. The van der Waals surface area contributed by atoms with Crippen LogP contribution >= 0.6 is 11.8 Å². The number of aryl methyl sites for hydroxylation is 1. The Bertz CT molecular complexity index is 814. The molecule has 0 fully saturated rings. The molecule has 2 N–H and O–H groups in total. The Hall–Kier alpha value is -2.57. The highest BCUT2D eigenvalue weighted by Gasteiger charge is 2.30. The van der Waals surface area contributed by atoms with E-state index >= 15 is 0 Å². The zero-order chi connectivity index (χ0) is 17.8. The van der Waals surface area contributed by atoms with Crippen LogP contribution in [-0.4, -0.2) is 35.0 Å². The van der Waals surface area contributed by atoms with Gasteiger partial charge in [0.05, 0.1) is 13.2 Å². The van der Waals surface area contributed by atoms with E-state index < -0.39 is 11.8 Å². The average molecular weight is 354 g/mol. The number of nitrogens with one attached hydrogen (secondary N) is 1. The van der Waals surface area contributed by atoms with Crippen LogP contribution in [0.5, 0.6) is 0 Å². The molecule has 6 heteroatoms. The normalized spacial score (nSPS) is 14.0. The molecule has 25 heavy (non-hydrogen) atoms. The Kier molecular flexibility index (Phi) is 5.21. The maximum Gasteiger partial charge on any atom is 0.277 e. The summed E-state index contributed by atoms with van der Waals surface area (Å²) in [5.41, 5.74) is 2.17. The van der Waals surface area contributed by atoms with E-state index in [2.05, 4.69) is 36.5 Å². The van der Waals surface area contributed by atoms with E-state index in [0.29, 0.717) is 0 Å². The van der Waals surface area contributed by atoms with Gasteiger partial charge in [0.2, 0.25) is 0 Å². The van der Waals surface area contributed by atoms with Crippen molar-refractivity contribution in [2.45, 2.75) is 16.7 Å². The summed E-state index contributed by atoms with van der Waals surface area (Å²) >= 11 is 1.66. The lowest BCUT2D eigenvalue weighted by Gasteiger charge is -2.13. The number of aliphatic hydroxyl groups excluding tert-OH is 1. The van der Waals surface area contributed by atoms with Crippen LogP contribution < -0.4 is 5.32 Å². The number of carbonyl (C=O) groups excluding carboxylic acids is 2. The summed E-state index contributed by atoms with van der Waals surface area (Å²) in [6, 6.07) is 16.0. The zero-order valence-electron chi connectivity index (χ0n) is 13.7. The van der Waals surface area contributed by atoms with Gasteiger partial charge in [0.25, 0.3) is 11.8 Å². The number of amides is 2. The van der Waals surface area contributed by atoms with Crippen LogP contribution in [0.1, 0.15) is 5.56 Å². The van der Waals surface area contributed by atoms with E-state index in [4.69, 9.17) is 5.11 Å². The molecular weight excluding hydrogens is 336 g/mol. The molecule has 1 aliphatic rings. The van der Waals surface area contributed by atoms with Gasteiger partial charge in [-0.1, -0.05) is 29.5 Å². The fourth-order valence-electron chi connectivity index (χ4n) is 2.41. The van der Waals surface area contributed by atoms with E-state index in [-0.39, 0.29) is 18.8 Å². The molecule has 2 aromatic carbocycles. The Morgan fingerprint density at radius 3 is 2.20 bits per heavy atom. The molecular formula is C19H18N2O3S. The van der Waals surface area contributed by atoms with Crippen molar-refractivity contribution >= 4 is 29.3 Å². The maximum absolute atomic E-state index is 12.1. The fraction of sp³-hybridized carbons (Fsp3) is 0.158. The van der Waals surface area contributed by atoms with Crippen molar-refractivity contribution in [3.8, 4) is 0 Å². The van der Waals surface area contributed by atoms with Crippen LogP contribution in [0.25, 0.3) is 0 Å². The highest BCUT2D eigenvalue weighted by Crippen LogP contribution is 2.29.